The van der Waals surface area contributed by atoms with E-state index in [1.54, 1.807) is 17.8 Å². The van der Waals surface area contributed by atoms with Crippen molar-refractivity contribution < 1.29 is 14.4 Å². The van der Waals surface area contributed by atoms with Crippen molar-refractivity contribution in [1.29, 1.82) is 0 Å². The molecule has 6 heteroatoms. The number of hydrogen-bond donors (Lipinski definition) is 2. The highest BCUT2D eigenvalue weighted by molar-refractivity contribution is 8.03. The number of allylic oxidation sites excluding steroid dienone is 3. The van der Waals surface area contributed by atoms with Crippen molar-refractivity contribution >= 4 is 29.6 Å². The fourth-order valence-corrected chi connectivity index (χ4v) is 3.19. The lowest BCUT2D eigenvalue weighted by Gasteiger charge is -2.34. The molecule has 0 aromatic rings. The predicted molar refractivity (Wildman–Crippen MR) is 61.9 cm³/mol. The second-order valence-corrected chi connectivity index (χ2v) is 4.93. The number of imide groups is 2. The molecule has 0 bridgehead atoms. The summed E-state index contributed by atoms with van der Waals surface area (Å²) in [4.78, 5) is 36.0. The molecule has 17 heavy (non-hydrogen) atoms. The summed E-state index contributed by atoms with van der Waals surface area (Å²) in [7, 11) is 0. The van der Waals surface area contributed by atoms with Gasteiger partial charge in [-0.05, 0) is 11.6 Å². The van der Waals surface area contributed by atoms with Gasteiger partial charge in [-0.2, -0.15) is 0 Å². The molecule has 2 heterocycles. The van der Waals surface area contributed by atoms with Crippen molar-refractivity contribution in [3.05, 3.63) is 34.8 Å². The number of rotatable bonds is 0. The standard InChI is InChI=1S/C11H8N2O3S/c14-8-11(9(15)13-10(16)12-8)4-1-2-7-6(11)3-5-17-7/h1-4H,5H2,(H2,12,13,14,15,16). The first-order valence-corrected chi connectivity index (χ1v) is 6.03. The summed E-state index contributed by atoms with van der Waals surface area (Å²) >= 11 is 1.57. The lowest BCUT2D eigenvalue weighted by atomic mass is 9.74. The first kappa shape index (κ1) is 10.3. The third-order valence-corrected chi connectivity index (χ3v) is 3.98. The van der Waals surface area contributed by atoms with Gasteiger partial charge in [0.25, 0.3) is 11.8 Å². The number of hydrogen-bond acceptors (Lipinski definition) is 4. The van der Waals surface area contributed by atoms with E-state index in [2.05, 4.69) is 10.6 Å². The van der Waals surface area contributed by atoms with E-state index < -0.39 is 23.3 Å². The van der Waals surface area contributed by atoms with Crippen LogP contribution in [0, 0.1) is 5.41 Å². The van der Waals surface area contributed by atoms with Crippen LogP contribution in [0.25, 0.3) is 0 Å². The molecule has 0 radical (unpaired) electrons. The highest BCUT2D eigenvalue weighted by Gasteiger charge is 2.53. The second-order valence-electron chi connectivity index (χ2n) is 3.86. The average Bonchev–Trinajstić information content (AvgIpc) is 2.74. The SMILES string of the molecule is O=C1NC(=O)C2(C=CC=C3SCC=C32)C(=O)N1. The van der Waals surface area contributed by atoms with Crippen LogP contribution < -0.4 is 10.6 Å². The Bertz CT molecular complexity index is 525. The maximum absolute atomic E-state index is 12.0. The van der Waals surface area contributed by atoms with E-state index in [1.165, 1.54) is 6.08 Å². The minimum Gasteiger partial charge on any atom is -0.276 e. The lowest BCUT2D eigenvalue weighted by Crippen LogP contribution is -2.62. The molecule has 0 atom stereocenters. The molecule has 1 aliphatic carbocycles. The summed E-state index contributed by atoms with van der Waals surface area (Å²) in [5, 5.41) is 4.29. The largest absolute Gasteiger partial charge is 0.328 e. The second kappa shape index (κ2) is 3.33. The van der Waals surface area contributed by atoms with Gasteiger partial charge >= 0.3 is 6.03 Å². The van der Waals surface area contributed by atoms with Crippen LogP contribution in [-0.2, 0) is 9.59 Å². The molecule has 0 aromatic carbocycles. The van der Waals surface area contributed by atoms with Crippen LogP contribution in [0.15, 0.2) is 34.8 Å². The van der Waals surface area contributed by atoms with Crippen molar-refractivity contribution in [1.82, 2.24) is 10.6 Å². The van der Waals surface area contributed by atoms with E-state index in [9.17, 15) is 14.4 Å². The van der Waals surface area contributed by atoms with Gasteiger partial charge in [-0.3, -0.25) is 20.2 Å². The number of urea groups is 1. The Balaban J connectivity index is 2.15. The number of amides is 4. The van der Waals surface area contributed by atoms with Gasteiger partial charge in [0.2, 0.25) is 0 Å². The molecule has 2 N–H and O–H groups in total. The molecule has 1 spiro atoms. The van der Waals surface area contributed by atoms with Crippen LogP contribution >= 0.6 is 11.8 Å². The molecular formula is C11H8N2O3S. The molecular weight excluding hydrogens is 240 g/mol. The number of nitrogens with one attached hydrogen (secondary N) is 2. The van der Waals surface area contributed by atoms with Crippen molar-refractivity contribution in [2.75, 3.05) is 5.75 Å². The molecule has 0 unspecified atom stereocenters. The van der Waals surface area contributed by atoms with E-state index in [0.717, 1.165) is 10.7 Å². The highest BCUT2D eigenvalue weighted by atomic mass is 32.2. The van der Waals surface area contributed by atoms with Crippen LogP contribution in [-0.4, -0.2) is 23.6 Å². The van der Waals surface area contributed by atoms with Crippen molar-refractivity contribution in [3.63, 3.8) is 0 Å². The van der Waals surface area contributed by atoms with Crippen LogP contribution in [0.5, 0.6) is 0 Å². The van der Waals surface area contributed by atoms with Crippen LogP contribution in [0.4, 0.5) is 4.79 Å². The smallest absolute Gasteiger partial charge is 0.276 e. The number of carbonyl (C=O) groups is 3. The Morgan fingerprint density at radius 1 is 1.18 bits per heavy atom. The Labute approximate surface area is 101 Å². The number of carbonyl (C=O) groups excluding carboxylic acids is 3. The molecule has 0 saturated carbocycles. The van der Waals surface area contributed by atoms with Gasteiger partial charge in [0, 0.05) is 10.7 Å². The molecule has 3 aliphatic rings. The summed E-state index contributed by atoms with van der Waals surface area (Å²) in [6.45, 7) is 0. The van der Waals surface area contributed by atoms with E-state index in [0.29, 0.717) is 5.57 Å². The average molecular weight is 248 g/mol. The van der Waals surface area contributed by atoms with Crippen LogP contribution in [0.3, 0.4) is 0 Å². The van der Waals surface area contributed by atoms with Gasteiger partial charge in [-0.25, -0.2) is 4.79 Å². The van der Waals surface area contributed by atoms with Crippen LogP contribution in [0.1, 0.15) is 0 Å². The third-order valence-electron chi connectivity index (χ3n) is 2.98. The molecule has 86 valence electrons. The lowest BCUT2D eigenvalue weighted by molar-refractivity contribution is -0.138. The van der Waals surface area contributed by atoms with Crippen molar-refractivity contribution in [3.8, 4) is 0 Å². The zero-order valence-corrected chi connectivity index (χ0v) is 9.47. The number of barbiturate groups is 1. The minimum atomic E-state index is -1.37. The van der Waals surface area contributed by atoms with Gasteiger partial charge in [0.15, 0.2) is 5.41 Å². The van der Waals surface area contributed by atoms with Gasteiger partial charge in [0.1, 0.15) is 0 Å². The Hall–Kier alpha value is -1.82. The first-order chi connectivity index (χ1) is 8.14. The minimum absolute atomic E-state index is 0.582. The van der Waals surface area contributed by atoms with Gasteiger partial charge < -0.3 is 0 Å². The molecule has 0 aromatic heterocycles. The van der Waals surface area contributed by atoms with Gasteiger partial charge in [0.05, 0.1) is 0 Å². The molecule has 4 amide bonds. The Kier molecular flexibility index (Phi) is 2.03. The van der Waals surface area contributed by atoms with E-state index >= 15 is 0 Å². The van der Waals surface area contributed by atoms with Crippen molar-refractivity contribution in [2.45, 2.75) is 0 Å². The normalized spacial score (nSPS) is 25.1. The first-order valence-electron chi connectivity index (χ1n) is 5.05. The number of fused-ring (bicyclic) bond motifs is 2. The summed E-state index contributed by atoms with van der Waals surface area (Å²) in [6, 6.07) is -0.763. The summed E-state index contributed by atoms with van der Waals surface area (Å²) in [6.07, 6.45) is 6.94. The summed E-state index contributed by atoms with van der Waals surface area (Å²) in [5.41, 5.74) is -0.700. The van der Waals surface area contributed by atoms with Crippen molar-refractivity contribution in [2.24, 2.45) is 5.41 Å². The van der Waals surface area contributed by atoms with Gasteiger partial charge in [-0.15, -0.1) is 11.8 Å². The molecule has 5 nitrogen and oxygen atoms in total. The quantitative estimate of drug-likeness (QED) is 0.611. The molecule has 2 aliphatic heterocycles. The van der Waals surface area contributed by atoms with Gasteiger partial charge in [-0.1, -0.05) is 18.2 Å². The fourth-order valence-electron chi connectivity index (χ4n) is 2.19. The van der Waals surface area contributed by atoms with E-state index in [-0.39, 0.29) is 0 Å². The molecule has 1 fully saturated rings. The maximum atomic E-state index is 12.0. The third kappa shape index (κ3) is 1.24. The molecule has 1 saturated heterocycles. The highest BCUT2D eigenvalue weighted by Crippen LogP contribution is 2.46. The zero-order chi connectivity index (χ0) is 12.0. The maximum Gasteiger partial charge on any atom is 0.328 e. The zero-order valence-electron chi connectivity index (χ0n) is 8.65. The predicted octanol–water partition coefficient (Wildman–Crippen LogP) is 0.466. The van der Waals surface area contributed by atoms with E-state index in [4.69, 9.17) is 0 Å². The summed E-state index contributed by atoms with van der Waals surface area (Å²) in [5.74, 6) is -0.428. The Morgan fingerprint density at radius 3 is 2.59 bits per heavy atom. The number of thioether (sulfide) groups is 1. The van der Waals surface area contributed by atoms with Crippen LogP contribution in [0.2, 0.25) is 0 Å². The molecule has 3 rings (SSSR count). The monoisotopic (exact) mass is 248 g/mol. The Morgan fingerprint density at radius 2 is 1.88 bits per heavy atom. The fraction of sp³-hybridized carbons (Fsp3) is 0.182. The topological polar surface area (TPSA) is 75.3 Å². The summed E-state index contributed by atoms with van der Waals surface area (Å²) < 4.78 is 0. The van der Waals surface area contributed by atoms with E-state index in [1.807, 2.05) is 12.2 Å².